The van der Waals surface area contributed by atoms with Crippen molar-refractivity contribution >= 4 is 28.4 Å². The van der Waals surface area contributed by atoms with Gasteiger partial charge in [-0.05, 0) is 62.1 Å². The molecule has 3 heterocycles. The summed E-state index contributed by atoms with van der Waals surface area (Å²) < 4.78 is 5.36. The van der Waals surface area contributed by atoms with Crippen LogP contribution in [0.1, 0.15) is 57.4 Å². The Bertz CT molecular complexity index is 932. The fourth-order valence-electron chi connectivity index (χ4n) is 6.50. The third-order valence-electron chi connectivity index (χ3n) is 7.32. The second kappa shape index (κ2) is 5.90. The number of H-pyrrole nitrogens is 1. The molecule has 28 heavy (non-hydrogen) atoms. The summed E-state index contributed by atoms with van der Waals surface area (Å²) in [7, 11) is 1.60. The molecule has 2 saturated heterocycles. The molecule has 2 aromatic rings. The van der Waals surface area contributed by atoms with Crippen molar-refractivity contribution < 1.29 is 14.6 Å². The summed E-state index contributed by atoms with van der Waals surface area (Å²) in [5.74, 6) is 0.443. The number of piperidine rings is 2. The van der Waals surface area contributed by atoms with Crippen LogP contribution < -0.4 is 4.74 Å². The molecule has 0 radical (unpaired) electrons. The largest absolute Gasteiger partial charge is 0.495 e. The van der Waals surface area contributed by atoms with Gasteiger partial charge in [-0.2, -0.15) is 0 Å². The number of hydrogen-bond donors (Lipinski definition) is 2. The van der Waals surface area contributed by atoms with E-state index in [4.69, 9.17) is 16.3 Å². The lowest BCUT2D eigenvalue weighted by Crippen LogP contribution is -2.68. The first-order valence-corrected chi connectivity index (χ1v) is 10.5. The van der Waals surface area contributed by atoms with Gasteiger partial charge in [0, 0.05) is 29.2 Å². The average Bonchev–Trinajstić information content (AvgIpc) is 3.03. The number of rotatable bonds is 3. The molecule has 6 heteroatoms. The zero-order valence-corrected chi connectivity index (χ0v) is 17.3. The van der Waals surface area contributed by atoms with Gasteiger partial charge >= 0.3 is 0 Å². The highest BCUT2D eigenvalue weighted by molar-refractivity contribution is 6.37. The first kappa shape index (κ1) is 18.3. The minimum Gasteiger partial charge on any atom is -0.495 e. The number of methoxy groups -OCH3 is 1. The lowest BCUT2D eigenvalue weighted by Gasteiger charge is -2.64. The van der Waals surface area contributed by atoms with Crippen molar-refractivity contribution in [3.8, 4) is 5.75 Å². The number of nitrogens with zero attached hydrogens (tertiary/aromatic N) is 1. The molecule has 1 aromatic heterocycles. The van der Waals surface area contributed by atoms with Crippen molar-refractivity contribution in [3.63, 3.8) is 0 Å². The van der Waals surface area contributed by atoms with E-state index in [0.29, 0.717) is 23.6 Å². The zero-order chi connectivity index (χ0) is 19.8. The van der Waals surface area contributed by atoms with E-state index in [0.717, 1.165) is 35.7 Å². The van der Waals surface area contributed by atoms with E-state index in [-0.39, 0.29) is 29.3 Å². The summed E-state index contributed by atoms with van der Waals surface area (Å²) in [5.41, 5.74) is 1.39. The van der Waals surface area contributed by atoms with Gasteiger partial charge in [0.25, 0.3) is 0 Å². The van der Waals surface area contributed by atoms with Crippen molar-refractivity contribution in [2.75, 3.05) is 7.11 Å². The Hall–Kier alpha value is -1.72. The molecule has 4 aliphatic rings. The highest BCUT2D eigenvalue weighted by Crippen LogP contribution is 2.58. The molecule has 0 spiro atoms. The minimum atomic E-state index is -0.585. The molecule has 6 rings (SSSR count). The lowest BCUT2D eigenvalue weighted by atomic mass is 9.54. The first-order chi connectivity index (χ1) is 13.2. The number of carbonyl (C=O) groups excluding carboxylic acids is 1. The van der Waals surface area contributed by atoms with Crippen LogP contribution >= 0.6 is 11.6 Å². The van der Waals surface area contributed by atoms with Crippen LogP contribution in [-0.4, -0.2) is 45.7 Å². The summed E-state index contributed by atoms with van der Waals surface area (Å²) in [6.45, 7) is 4.23. The molecule has 3 atom stereocenters. The molecule has 1 amide bonds. The second-order valence-corrected chi connectivity index (χ2v) is 9.93. The molecule has 2 aliphatic carbocycles. The van der Waals surface area contributed by atoms with Crippen molar-refractivity contribution in [1.82, 2.24) is 9.88 Å². The summed E-state index contributed by atoms with van der Waals surface area (Å²) in [4.78, 5) is 18.9. The molecule has 150 valence electrons. The van der Waals surface area contributed by atoms with Crippen molar-refractivity contribution in [1.29, 1.82) is 0 Å². The zero-order valence-electron chi connectivity index (χ0n) is 16.6. The molecule has 5 nitrogen and oxygen atoms in total. The Kier molecular flexibility index (Phi) is 3.86. The van der Waals surface area contributed by atoms with Gasteiger partial charge in [-0.25, -0.2) is 0 Å². The second-order valence-electron chi connectivity index (χ2n) is 9.55. The van der Waals surface area contributed by atoms with Gasteiger partial charge in [-0.1, -0.05) is 18.5 Å². The van der Waals surface area contributed by atoms with Gasteiger partial charge < -0.3 is 19.7 Å². The molecule has 2 saturated carbocycles. The fourth-order valence-corrected chi connectivity index (χ4v) is 6.85. The van der Waals surface area contributed by atoms with Gasteiger partial charge in [-0.15, -0.1) is 0 Å². The van der Waals surface area contributed by atoms with Gasteiger partial charge in [0.05, 0.1) is 23.7 Å². The van der Waals surface area contributed by atoms with Gasteiger partial charge in [-0.3, -0.25) is 4.79 Å². The van der Waals surface area contributed by atoms with Crippen LogP contribution in [0.5, 0.6) is 5.75 Å². The lowest BCUT2D eigenvalue weighted by molar-refractivity contribution is -0.193. The number of carbonyl (C=O) groups is 1. The van der Waals surface area contributed by atoms with Gasteiger partial charge in [0.1, 0.15) is 5.75 Å². The highest BCUT2D eigenvalue weighted by atomic mass is 35.5. The van der Waals surface area contributed by atoms with Crippen LogP contribution in [0.25, 0.3) is 10.9 Å². The maximum atomic E-state index is 13.6. The molecule has 1 aromatic carbocycles. The number of aliphatic hydroxyl groups is 1. The molecule has 2 aliphatic heterocycles. The molecule has 4 bridgehead atoms. The van der Waals surface area contributed by atoms with Crippen LogP contribution in [-0.2, 0) is 4.79 Å². The third kappa shape index (κ3) is 2.52. The quantitative estimate of drug-likeness (QED) is 0.807. The van der Waals surface area contributed by atoms with E-state index in [2.05, 4.69) is 16.8 Å². The van der Waals surface area contributed by atoms with Crippen molar-refractivity contribution in [2.45, 2.75) is 69.6 Å². The topological polar surface area (TPSA) is 65.6 Å². The number of aromatic nitrogens is 1. The maximum Gasteiger partial charge on any atom is 0.230 e. The average molecular weight is 403 g/mol. The van der Waals surface area contributed by atoms with Crippen LogP contribution in [0.2, 0.25) is 5.02 Å². The van der Waals surface area contributed by atoms with Gasteiger partial charge in [0.15, 0.2) is 0 Å². The molecular weight excluding hydrogens is 376 g/mol. The third-order valence-corrected chi connectivity index (χ3v) is 7.70. The minimum absolute atomic E-state index is 0.140. The predicted molar refractivity (Wildman–Crippen MR) is 109 cm³/mol. The summed E-state index contributed by atoms with van der Waals surface area (Å²) >= 11 is 6.58. The van der Waals surface area contributed by atoms with Crippen LogP contribution in [0.15, 0.2) is 18.3 Å². The summed E-state index contributed by atoms with van der Waals surface area (Å²) in [6, 6.07) is 4.04. The van der Waals surface area contributed by atoms with Crippen LogP contribution in [0, 0.1) is 5.41 Å². The normalized spacial score (nSPS) is 34.8. The number of fused-ring (bicyclic) bond motifs is 1. The summed E-state index contributed by atoms with van der Waals surface area (Å²) in [6.07, 6.45) is 6.17. The Morgan fingerprint density at radius 2 is 2.00 bits per heavy atom. The first-order valence-electron chi connectivity index (χ1n) is 10.1. The van der Waals surface area contributed by atoms with E-state index in [9.17, 15) is 9.90 Å². The Morgan fingerprint density at radius 3 is 2.61 bits per heavy atom. The van der Waals surface area contributed by atoms with Crippen LogP contribution in [0.3, 0.4) is 0 Å². The van der Waals surface area contributed by atoms with Gasteiger partial charge in [0.2, 0.25) is 5.91 Å². The molecule has 3 unspecified atom stereocenters. The summed E-state index contributed by atoms with van der Waals surface area (Å²) in [5, 5.41) is 12.3. The monoisotopic (exact) mass is 402 g/mol. The smallest absolute Gasteiger partial charge is 0.230 e. The standard InChI is InChI=1S/C22H27ClN2O3/c1-12(15-10-24-16-4-5-17(28-3)19(23)18(15)16)20(26)25-13-6-21(2)7-14(25)9-22(27,8-13)11-21/h4-5,10,12-14,24,27H,6-9,11H2,1-3H3. The van der Waals surface area contributed by atoms with E-state index >= 15 is 0 Å². The number of halogens is 1. The maximum absolute atomic E-state index is 13.6. The Morgan fingerprint density at radius 1 is 1.32 bits per heavy atom. The number of aromatic amines is 1. The number of ether oxygens (including phenoxy) is 1. The predicted octanol–water partition coefficient (Wildman–Crippen LogP) is 4.23. The van der Waals surface area contributed by atoms with Crippen molar-refractivity contribution in [2.24, 2.45) is 5.41 Å². The molecular formula is C22H27ClN2O3. The van der Waals surface area contributed by atoms with E-state index in [1.54, 1.807) is 7.11 Å². The SMILES string of the molecule is COc1ccc2[nH]cc(C(C)C(=O)N3C4CC5(C)CC3CC(O)(C4)C5)c2c1Cl. The number of amides is 1. The highest BCUT2D eigenvalue weighted by Gasteiger charge is 2.59. The molecule has 2 N–H and O–H groups in total. The number of nitrogens with one attached hydrogen (secondary N) is 1. The van der Waals surface area contributed by atoms with E-state index < -0.39 is 5.60 Å². The van der Waals surface area contributed by atoms with Crippen molar-refractivity contribution in [3.05, 3.63) is 28.9 Å². The number of benzene rings is 1. The Balaban J connectivity index is 1.49. The number of hydrogen-bond acceptors (Lipinski definition) is 3. The van der Waals surface area contributed by atoms with Crippen LogP contribution in [0.4, 0.5) is 0 Å². The van der Waals surface area contributed by atoms with E-state index in [1.807, 2.05) is 25.3 Å². The van der Waals surface area contributed by atoms with E-state index in [1.165, 1.54) is 0 Å². The fraction of sp³-hybridized carbons (Fsp3) is 0.591. The Labute approximate surface area is 170 Å². The molecule has 4 fully saturated rings.